The van der Waals surface area contributed by atoms with Crippen LogP contribution in [0.15, 0.2) is 53.3 Å². The molecule has 0 fully saturated rings. The van der Waals surface area contributed by atoms with E-state index < -0.39 is 55.1 Å². The van der Waals surface area contributed by atoms with E-state index in [-0.39, 0.29) is 43.0 Å². The van der Waals surface area contributed by atoms with E-state index >= 15 is 0 Å². The number of nitrogens with one attached hydrogen (secondary N) is 1. The number of aromatic nitrogens is 3. The Hall–Kier alpha value is -4.01. The molecule has 0 saturated carbocycles. The van der Waals surface area contributed by atoms with Gasteiger partial charge in [-0.25, -0.2) is 14.3 Å². The van der Waals surface area contributed by atoms with Crippen LogP contribution < -0.4 is 11.0 Å². The first-order valence-electron chi connectivity index (χ1n) is 12.1. The van der Waals surface area contributed by atoms with Gasteiger partial charge in [0.1, 0.15) is 6.54 Å². The molecule has 0 aliphatic heterocycles. The number of nitrogens with zero attached hydrogens (tertiary/aromatic N) is 4. The molecule has 0 unspecified atom stereocenters. The predicted molar refractivity (Wildman–Crippen MR) is 135 cm³/mol. The summed E-state index contributed by atoms with van der Waals surface area (Å²) >= 11 is 5.85. The van der Waals surface area contributed by atoms with Crippen molar-refractivity contribution >= 4 is 23.6 Å². The average Bonchev–Trinajstić information content (AvgIpc) is 3.18. The lowest BCUT2D eigenvalue weighted by Gasteiger charge is -2.20. The number of benzene rings is 2. The number of alkyl halides is 6. The molecule has 3 rings (SSSR count). The quantitative estimate of drug-likeness (QED) is 0.308. The fourth-order valence-corrected chi connectivity index (χ4v) is 4.02. The summed E-state index contributed by atoms with van der Waals surface area (Å²) in [5.41, 5.74) is -1.65. The van der Waals surface area contributed by atoms with Gasteiger partial charge in [0.2, 0.25) is 5.91 Å². The molecule has 41 heavy (non-hydrogen) atoms. The zero-order valence-corrected chi connectivity index (χ0v) is 21.9. The predicted octanol–water partition coefficient (Wildman–Crippen LogP) is 4.68. The lowest BCUT2D eigenvalue weighted by Crippen LogP contribution is -2.40. The third-order valence-corrected chi connectivity index (χ3v) is 6.14. The van der Waals surface area contributed by atoms with Crippen LogP contribution in [-0.2, 0) is 30.5 Å². The van der Waals surface area contributed by atoms with Gasteiger partial charge >= 0.3 is 24.1 Å². The Morgan fingerprint density at radius 2 is 1.66 bits per heavy atom. The fourth-order valence-electron chi connectivity index (χ4n) is 3.89. The van der Waals surface area contributed by atoms with Crippen molar-refractivity contribution in [3.8, 4) is 11.4 Å². The summed E-state index contributed by atoms with van der Waals surface area (Å²) in [6, 6.07) is 10.6. The monoisotopic (exact) mass is 607 g/mol. The molecular weight excluding hydrogens is 584 g/mol. The van der Waals surface area contributed by atoms with Crippen LogP contribution in [0.4, 0.5) is 31.1 Å². The minimum absolute atomic E-state index is 0.0905. The van der Waals surface area contributed by atoms with Crippen LogP contribution in [0.25, 0.3) is 11.4 Å². The third kappa shape index (κ3) is 8.99. The molecule has 1 heterocycles. The largest absolute Gasteiger partial charge is 0.465 e. The van der Waals surface area contributed by atoms with E-state index in [1.165, 1.54) is 42.5 Å². The van der Waals surface area contributed by atoms with E-state index in [9.17, 15) is 45.8 Å². The maximum atomic E-state index is 13.2. The van der Waals surface area contributed by atoms with Gasteiger partial charge in [0.25, 0.3) is 0 Å². The topological polar surface area (TPSA) is 109 Å². The highest BCUT2D eigenvalue weighted by Crippen LogP contribution is 2.32. The number of rotatable bonds is 11. The normalized spacial score (nSPS) is 11.9. The first kappa shape index (κ1) is 31.5. The van der Waals surface area contributed by atoms with E-state index in [2.05, 4.69) is 10.4 Å². The number of carboxylic acid groups (broad SMARTS) is 1. The Bertz CT molecular complexity index is 1420. The molecule has 0 aliphatic carbocycles. The smallest absolute Gasteiger partial charge is 0.416 e. The van der Waals surface area contributed by atoms with Crippen molar-refractivity contribution in [3.63, 3.8) is 0 Å². The first-order valence-corrected chi connectivity index (χ1v) is 12.4. The molecule has 0 saturated heterocycles. The van der Waals surface area contributed by atoms with Gasteiger partial charge in [-0.3, -0.25) is 9.36 Å². The Labute approximate surface area is 233 Å². The minimum atomic E-state index is -4.61. The van der Waals surface area contributed by atoms with Gasteiger partial charge in [0.15, 0.2) is 5.82 Å². The molecule has 1 aromatic heterocycles. The number of carbonyl (C=O) groups is 2. The summed E-state index contributed by atoms with van der Waals surface area (Å²) in [7, 11) is 0. The van der Waals surface area contributed by atoms with E-state index in [0.29, 0.717) is 9.70 Å². The molecule has 2 aromatic carbocycles. The number of amides is 2. The molecule has 3 aromatic rings. The van der Waals surface area contributed by atoms with Gasteiger partial charge < -0.3 is 15.3 Å². The summed E-state index contributed by atoms with van der Waals surface area (Å²) < 4.78 is 79.6. The highest BCUT2D eigenvalue weighted by Gasteiger charge is 2.33. The van der Waals surface area contributed by atoms with Gasteiger partial charge in [-0.15, -0.1) is 5.10 Å². The molecular formula is C25H24ClF6N5O4. The van der Waals surface area contributed by atoms with Gasteiger partial charge in [-0.2, -0.15) is 26.3 Å². The average molecular weight is 608 g/mol. The maximum Gasteiger partial charge on any atom is 0.416 e. The summed E-state index contributed by atoms with van der Waals surface area (Å²) in [4.78, 5) is 37.7. The highest BCUT2D eigenvalue weighted by molar-refractivity contribution is 6.30. The van der Waals surface area contributed by atoms with Gasteiger partial charge in [0.05, 0.1) is 12.0 Å². The Morgan fingerprint density at radius 1 is 1.00 bits per heavy atom. The van der Waals surface area contributed by atoms with Crippen molar-refractivity contribution in [2.24, 2.45) is 0 Å². The van der Waals surface area contributed by atoms with Gasteiger partial charge in [-0.1, -0.05) is 29.8 Å². The van der Waals surface area contributed by atoms with Crippen molar-refractivity contribution in [1.29, 1.82) is 0 Å². The van der Waals surface area contributed by atoms with Crippen molar-refractivity contribution in [3.05, 3.63) is 75.2 Å². The van der Waals surface area contributed by atoms with Gasteiger partial charge in [0, 0.05) is 36.8 Å². The lowest BCUT2D eigenvalue weighted by atomic mass is 10.0. The Morgan fingerprint density at radius 3 is 2.27 bits per heavy atom. The van der Waals surface area contributed by atoms with Crippen LogP contribution in [0.5, 0.6) is 0 Å². The van der Waals surface area contributed by atoms with E-state index in [0.717, 1.165) is 15.5 Å². The summed E-state index contributed by atoms with van der Waals surface area (Å²) in [5.74, 6) is -0.900. The molecule has 222 valence electrons. The van der Waals surface area contributed by atoms with Crippen molar-refractivity contribution in [2.45, 2.75) is 38.3 Å². The molecule has 16 heteroatoms. The lowest BCUT2D eigenvalue weighted by molar-refractivity contribution is -0.138. The van der Waals surface area contributed by atoms with E-state index in [1.807, 2.05) is 0 Å². The molecule has 2 amide bonds. The van der Waals surface area contributed by atoms with Crippen molar-refractivity contribution < 1.29 is 41.0 Å². The zero-order valence-electron chi connectivity index (χ0n) is 21.2. The Balaban J connectivity index is 1.65. The highest BCUT2D eigenvalue weighted by atomic mass is 35.5. The molecule has 9 nitrogen and oxygen atoms in total. The summed E-state index contributed by atoms with van der Waals surface area (Å²) in [6.07, 6.45) is -12.1. The molecule has 0 atom stereocenters. The van der Waals surface area contributed by atoms with Gasteiger partial charge in [-0.05, 0) is 42.3 Å². The number of carbonyl (C=O) groups excluding carboxylic acids is 1. The standard InChI is InChI=1S/C25H24ClF6N5O4/c26-18-7-5-17(6-8-18)21-34-37(22(39)36(21)13-10-24(27,28)29)15-20(38)33-11-14-35(23(40)41)12-9-16-3-1-2-4-19(16)25(30,31)32/h1-8H,9-15H2,(H,33,38)(H,40,41). The molecule has 0 aliphatic rings. The zero-order chi connectivity index (χ0) is 30.4. The van der Waals surface area contributed by atoms with E-state index in [1.54, 1.807) is 0 Å². The molecule has 0 spiro atoms. The van der Waals surface area contributed by atoms with Crippen molar-refractivity contribution in [2.75, 3.05) is 19.6 Å². The second kappa shape index (κ2) is 13.1. The number of hydrogen-bond acceptors (Lipinski definition) is 4. The second-order valence-electron chi connectivity index (χ2n) is 8.81. The minimum Gasteiger partial charge on any atom is -0.465 e. The molecule has 0 bridgehead atoms. The molecule has 0 radical (unpaired) electrons. The summed E-state index contributed by atoms with van der Waals surface area (Å²) in [6.45, 7) is -2.23. The molecule has 2 N–H and O–H groups in total. The summed E-state index contributed by atoms with van der Waals surface area (Å²) in [5, 5.41) is 16.2. The maximum absolute atomic E-state index is 13.2. The SMILES string of the molecule is O=C(Cn1nc(-c2ccc(Cl)cc2)n(CCC(F)(F)F)c1=O)NCCN(CCc1ccccc1C(F)(F)F)C(=O)O. The second-order valence-corrected chi connectivity index (χ2v) is 9.25. The fraction of sp³-hybridized carbons (Fsp3) is 0.360. The van der Waals surface area contributed by atoms with Crippen LogP contribution in [0, 0.1) is 0 Å². The van der Waals surface area contributed by atoms with Crippen LogP contribution >= 0.6 is 11.6 Å². The Kier molecular flexibility index (Phi) is 10.1. The third-order valence-electron chi connectivity index (χ3n) is 5.89. The van der Waals surface area contributed by atoms with Crippen LogP contribution in [-0.4, -0.2) is 62.2 Å². The van der Waals surface area contributed by atoms with Crippen LogP contribution in [0.2, 0.25) is 5.02 Å². The van der Waals surface area contributed by atoms with E-state index in [4.69, 9.17) is 11.6 Å². The van der Waals surface area contributed by atoms with Crippen LogP contribution in [0.1, 0.15) is 17.5 Å². The van der Waals surface area contributed by atoms with Crippen LogP contribution in [0.3, 0.4) is 0 Å². The number of hydrogen-bond donors (Lipinski definition) is 2. The first-order chi connectivity index (χ1) is 19.2. The number of halogens is 7. The van der Waals surface area contributed by atoms with Crippen molar-refractivity contribution in [1.82, 2.24) is 24.6 Å².